The molecule has 3 aromatic carbocycles. The Hall–Kier alpha value is -3.05. The van der Waals surface area contributed by atoms with E-state index in [1.807, 2.05) is 31.2 Å². The number of hydrazone groups is 1. The van der Waals surface area contributed by atoms with E-state index in [-0.39, 0.29) is 11.2 Å². The van der Waals surface area contributed by atoms with Crippen molar-refractivity contribution in [3.63, 3.8) is 0 Å². The van der Waals surface area contributed by atoms with Gasteiger partial charge >= 0.3 is 0 Å². The third kappa shape index (κ3) is 4.05. The highest BCUT2D eigenvalue weighted by molar-refractivity contribution is 8.00. The Labute approximate surface area is 175 Å². The molecule has 4 nitrogen and oxygen atoms in total. The van der Waals surface area contributed by atoms with Gasteiger partial charge in [0.05, 0.1) is 23.8 Å². The summed E-state index contributed by atoms with van der Waals surface area (Å²) in [5.41, 5.74) is 9.43. The molecule has 0 fully saturated rings. The van der Waals surface area contributed by atoms with Crippen LogP contribution in [-0.2, 0) is 4.79 Å². The number of fused-ring (bicyclic) bond motifs is 3. The molecule has 0 heterocycles. The molecule has 1 amide bonds. The van der Waals surface area contributed by atoms with Gasteiger partial charge in [0.25, 0.3) is 0 Å². The van der Waals surface area contributed by atoms with Gasteiger partial charge in [-0.3, -0.25) is 4.79 Å². The van der Waals surface area contributed by atoms with Crippen LogP contribution >= 0.6 is 11.8 Å². The molecule has 0 atom stereocenters. The molecule has 0 saturated heterocycles. The van der Waals surface area contributed by atoms with Crippen LogP contribution in [0.2, 0.25) is 0 Å². The summed E-state index contributed by atoms with van der Waals surface area (Å²) in [5, 5.41) is 4.41. The number of rotatable bonds is 6. The molecule has 1 aliphatic rings. The van der Waals surface area contributed by atoms with E-state index in [0.717, 1.165) is 17.0 Å². The van der Waals surface area contributed by atoms with E-state index in [2.05, 4.69) is 59.1 Å². The lowest BCUT2D eigenvalue weighted by molar-refractivity contribution is -0.118. The van der Waals surface area contributed by atoms with Crippen LogP contribution in [0, 0.1) is 0 Å². The Morgan fingerprint density at radius 2 is 1.55 bits per heavy atom. The highest BCUT2D eigenvalue weighted by Crippen LogP contribution is 2.49. The number of carbonyl (C=O) groups is 1. The maximum atomic E-state index is 12.4. The van der Waals surface area contributed by atoms with E-state index in [4.69, 9.17) is 4.74 Å². The molecule has 1 N–H and O–H groups in total. The lowest BCUT2D eigenvalue weighted by Crippen LogP contribution is -2.21. The quantitative estimate of drug-likeness (QED) is 0.464. The van der Waals surface area contributed by atoms with Crippen LogP contribution in [0.5, 0.6) is 5.75 Å². The van der Waals surface area contributed by atoms with Gasteiger partial charge < -0.3 is 4.74 Å². The molecule has 0 radical (unpaired) electrons. The van der Waals surface area contributed by atoms with Crippen molar-refractivity contribution in [1.29, 1.82) is 0 Å². The van der Waals surface area contributed by atoms with Gasteiger partial charge in [-0.1, -0.05) is 48.5 Å². The Bertz CT molecular complexity index is 1010. The van der Waals surface area contributed by atoms with Crippen LogP contribution in [-0.4, -0.2) is 24.5 Å². The minimum atomic E-state index is -0.107. The van der Waals surface area contributed by atoms with Gasteiger partial charge in [0.2, 0.25) is 5.91 Å². The maximum Gasteiger partial charge on any atom is 0.250 e. The first-order valence-corrected chi connectivity index (χ1v) is 10.5. The van der Waals surface area contributed by atoms with Gasteiger partial charge in [-0.05, 0) is 59.0 Å². The molecule has 146 valence electrons. The van der Waals surface area contributed by atoms with E-state index in [1.165, 1.54) is 22.3 Å². The molecule has 0 spiro atoms. The average Bonchev–Trinajstić information content (AvgIpc) is 3.10. The number of hydrogen-bond donors (Lipinski definition) is 1. The van der Waals surface area contributed by atoms with Crippen molar-refractivity contribution in [3.8, 4) is 16.9 Å². The van der Waals surface area contributed by atoms with Crippen molar-refractivity contribution >= 4 is 23.4 Å². The van der Waals surface area contributed by atoms with Gasteiger partial charge in [-0.15, -0.1) is 11.8 Å². The Kier molecular flexibility index (Phi) is 5.67. The van der Waals surface area contributed by atoms with E-state index in [0.29, 0.717) is 5.75 Å². The number of nitrogens with zero attached hydrogens (tertiary/aromatic N) is 1. The summed E-state index contributed by atoms with van der Waals surface area (Å²) in [6, 6.07) is 24.4. The van der Waals surface area contributed by atoms with Crippen molar-refractivity contribution in [2.45, 2.75) is 12.2 Å². The fourth-order valence-electron chi connectivity index (χ4n) is 3.52. The summed E-state index contributed by atoms with van der Waals surface area (Å²) in [7, 11) is 1.63. The zero-order chi connectivity index (χ0) is 20.2. The molecule has 29 heavy (non-hydrogen) atoms. The second kappa shape index (κ2) is 8.53. The number of hydrogen-bond acceptors (Lipinski definition) is 4. The standard InChI is InChI=1S/C24H22N2O2S/c1-16(17-11-13-18(28-2)14-12-17)25-26-23(27)15-29-24-21-9-5-3-7-19(21)20-8-4-6-10-22(20)24/h3-14,24H,15H2,1-2H3,(H,26,27)/b25-16-. The topological polar surface area (TPSA) is 50.7 Å². The molecular formula is C24H22N2O2S. The fraction of sp³-hybridized carbons (Fsp3) is 0.167. The summed E-state index contributed by atoms with van der Waals surface area (Å²) in [4.78, 5) is 12.4. The molecule has 1 aliphatic carbocycles. The summed E-state index contributed by atoms with van der Waals surface area (Å²) in [6.45, 7) is 1.87. The summed E-state index contributed by atoms with van der Waals surface area (Å²) in [6.07, 6.45) is 0. The van der Waals surface area contributed by atoms with E-state index in [1.54, 1.807) is 18.9 Å². The van der Waals surface area contributed by atoms with Crippen molar-refractivity contribution in [3.05, 3.63) is 89.5 Å². The third-order valence-corrected chi connectivity index (χ3v) is 6.28. The van der Waals surface area contributed by atoms with Crippen LogP contribution in [0.15, 0.2) is 77.9 Å². The van der Waals surface area contributed by atoms with E-state index >= 15 is 0 Å². The summed E-state index contributed by atoms with van der Waals surface area (Å²) < 4.78 is 5.17. The third-order valence-electron chi connectivity index (χ3n) is 5.01. The zero-order valence-electron chi connectivity index (χ0n) is 16.4. The van der Waals surface area contributed by atoms with Crippen LogP contribution in [0.25, 0.3) is 11.1 Å². The maximum absolute atomic E-state index is 12.4. The molecule has 0 aromatic heterocycles. The minimum Gasteiger partial charge on any atom is -0.497 e. The predicted octanol–water partition coefficient (Wildman–Crippen LogP) is 5.04. The molecule has 0 unspecified atom stereocenters. The highest BCUT2D eigenvalue weighted by atomic mass is 32.2. The molecule has 0 saturated carbocycles. The van der Waals surface area contributed by atoms with Gasteiger partial charge in [0, 0.05) is 0 Å². The monoisotopic (exact) mass is 402 g/mol. The number of thioether (sulfide) groups is 1. The average molecular weight is 403 g/mol. The van der Waals surface area contributed by atoms with Gasteiger partial charge in [-0.2, -0.15) is 5.10 Å². The Morgan fingerprint density at radius 1 is 0.966 bits per heavy atom. The van der Waals surface area contributed by atoms with Crippen LogP contribution in [0.1, 0.15) is 28.9 Å². The SMILES string of the molecule is COc1ccc(/C(C)=N\NC(=O)CSC2c3ccccc3-c3ccccc32)cc1. The first-order chi connectivity index (χ1) is 14.2. The van der Waals surface area contributed by atoms with E-state index in [9.17, 15) is 4.79 Å². The number of methoxy groups -OCH3 is 1. The number of nitrogens with one attached hydrogen (secondary N) is 1. The number of carbonyl (C=O) groups excluding carboxylic acids is 1. The fourth-order valence-corrected chi connectivity index (χ4v) is 4.68. The summed E-state index contributed by atoms with van der Waals surface area (Å²) in [5.74, 6) is 1.02. The second-order valence-electron chi connectivity index (χ2n) is 6.83. The normalized spacial score (nSPS) is 13.0. The van der Waals surface area contributed by atoms with Crippen molar-refractivity contribution in [1.82, 2.24) is 5.43 Å². The molecular weight excluding hydrogens is 380 g/mol. The Balaban J connectivity index is 1.41. The molecule has 4 rings (SSSR count). The van der Waals surface area contributed by atoms with Gasteiger partial charge in [0.15, 0.2) is 0 Å². The zero-order valence-corrected chi connectivity index (χ0v) is 17.2. The first-order valence-electron chi connectivity index (χ1n) is 9.45. The molecule has 0 bridgehead atoms. The van der Waals surface area contributed by atoms with Crippen molar-refractivity contribution in [2.75, 3.05) is 12.9 Å². The van der Waals surface area contributed by atoms with Crippen LogP contribution in [0.3, 0.4) is 0 Å². The minimum absolute atomic E-state index is 0.107. The molecule has 5 heteroatoms. The number of ether oxygens (including phenoxy) is 1. The second-order valence-corrected chi connectivity index (χ2v) is 7.92. The lowest BCUT2D eigenvalue weighted by atomic mass is 10.1. The number of benzene rings is 3. The number of amides is 1. The summed E-state index contributed by atoms with van der Waals surface area (Å²) >= 11 is 1.63. The predicted molar refractivity (Wildman–Crippen MR) is 120 cm³/mol. The lowest BCUT2D eigenvalue weighted by Gasteiger charge is -2.12. The Morgan fingerprint density at radius 3 is 2.14 bits per heavy atom. The highest BCUT2D eigenvalue weighted by Gasteiger charge is 2.28. The molecule has 3 aromatic rings. The smallest absolute Gasteiger partial charge is 0.250 e. The van der Waals surface area contributed by atoms with E-state index < -0.39 is 0 Å². The first kappa shape index (κ1) is 19.3. The largest absolute Gasteiger partial charge is 0.497 e. The van der Waals surface area contributed by atoms with Crippen LogP contribution in [0.4, 0.5) is 0 Å². The van der Waals surface area contributed by atoms with Crippen molar-refractivity contribution in [2.24, 2.45) is 5.10 Å². The van der Waals surface area contributed by atoms with Gasteiger partial charge in [-0.25, -0.2) is 5.43 Å². The van der Waals surface area contributed by atoms with Crippen LogP contribution < -0.4 is 10.2 Å². The molecule has 0 aliphatic heterocycles. The van der Waals surface area contributed by atoms with Crippen molar-refractivity contribution < 1.29 is 9.53 Å². The van der Waals surface area contributed by atoms with Gasteiger partial charge in [0.1, 0.15) is 5.75 Å².